The number of amides is 2. The van der Waals surface area contributed by atoms with Crippen LogP contribution in [-0.4, -0.2) is 38.9 Å². The molecule has 1 aliphatic rings. The predicted molar refractivity (Wildman–Crippen MR) is 130 cm³/mol. The van der Waals surface area contributed by atoms with Gasteiger partial charge in [0.1, 0.15) is 12.6 Å². The Morgan fingerprint density at radius 3 is 2.72 bits per heavy atom. The molecule has 170 valence electrons. The van der Waals surface area contributed by atoms with Crippen LogP contribution in [0.5, 0.6) is 0 Å². The van der Waals surface area contributed by atoms with Crippen LogP contribution in [0.1, 0.15) is 49.3 Å². The lowest BCUT2D eigenvalue weighted by molar-refractivity contribution is -0.141. The highest BCUT2D eigenvalue weighted by atomic mass is 32.2. The molecule has 1 atom stereocenters. The van der Waals surface area contributed by atoms with Crippen molar-refractivity contribution >= 4 is 23.6 Å². The summed E-state index contributed by atoms with van der Waals surface area (Å²) in [5.74, 6) is -0.303. The molecule has 7 heteroatoms. The first-order valence-corrected chi connectivity index (χ1v) is 11.9. The summed E-state index contributed by atoms with van der Waals surface area (Å²) in [6.45, 7) is 10.2. The molecule has 2 amide bonds. The number of nitrogens with one attached hydrogen (secondary N) is 1. The van der Waals surface area contributed by atoms with E-state index in [1.165, 1.54) is 18.2 Å². The maximum Gasteiger partial charge on any atom is 0.247 e. The van der Waals surface area contributed by atoms with Gasteiger partial charge >= 0.3 is 0 Å². The fourth-order valence-corrected chi connectivity index (χ4v) is 4.62. The minimum atomic E-state index is -0.740. The smallest absolute Gasteiger partial charge is 0.247 e. The third kappa shape index (κ3) is 6.36. The number of benzene rings is 1. The van der Waals surface area contributed by atoms with Crippen LogP contribution >= 0.6 is 11.8 Å². The molecule has 1 heterocycles. The second kappa shape index (κ2) is 11.7. The number of rotatable bonds is 10. The van der Waals surface area contributed by atoms with Gasteiger partial charge in [-0.3, -0.25) is 9.59 Å². The summed E-state index contributed by atoms with van der Waals surface area (Å²) >= 11 is 1.37. The van der Waals surface area contributed by atoms with Gasteiger partial charge in [-0.25, -0.2) is 4.98 Å². The molecular weight excluding hydrogens is 420 g/mol. The molecule has 32 heavy (non-hydrogen) atoms. The molecule has 1 aromatic carbocycles. The maximum atomic E-state index is 13.7. The summed E-state index contributed by atoms with van der Waals surface area (Å²) in [4.78, 5) is 33.6. The first-order valence-electron chi connectivity index (χ1n) is 11.1. The number of hydrogen-bond donors (Lipinski definition) is 1. The van der Waals surface area contributed by atoms with Crippen molar-refractivity contribution in [3.63, 3.8) is 0 Å². The molecule has 6 nitrogen and oxygen atoms in total. The molecule has 2 aromatic rings. The molecule has 1 aromatic heterocycles. The minimum Gasteiger partial charge on any atom is -0.351 e. The molecule has 0 spiro atoms. The van der Waals surface area contributed by atoms with E-state index in [1.54, 1.807) is 33.6 Å². The lowest BCUT2D eigenvalue weighted by Crippen LogP contribution is -2.48. The van der Waals surface area contributed by atoms with Crippen LogP contribution in [0, 0.1) is 6.92 Å². The van der Waals surface area contributed by atoms with Gasteiger partial charge < -0.3 is 14.8 Å². The standard InChI is InChI=1S/C25H32N4O2S/c1-4-32-20(3)16-29(23(30)17-28-15-14-26-18-28)24(22-13-9-8-10-19(22)2)25(31)27-21-11-6-5-7-12-21/h4,8-10,13-15,18,21,24H,1,3,5-7,11-12,16-17H2,2H3,(H,27,31). The number of imidazole rings is 1. The third-order valence-electron chi connectivity index (χ3n) is 5.79. The fourth-order valence-electron chi connectivity index (χ4n) is 4.17. The molecule has 1 N–H and O–H groups in total. The van der Waals surface area contributed by atoms with Crippen LogP contribution < -0.4 is 5.32 Å². The minimum absolute atomic E-state index is 0.102. The van der Waals surface area contributed by atoms with Gasteiger partial charge in [-0.2, -0.15) is 0 Å². The normalized spacial score (nSPS) is 15.0. The van der Waals surface area contributed by atoms with E-state index in [-0.39, 0.29) is 30.9 Å². The molecule has 0 radical (unpaired) electrons. The Morgan fingerprint density at radius 1 is 1.31 bits per heavy atom. The average Bonchev–Trinajstić information content (AvgIpc) is 3.28. The lowest BCUT2D eigenvalue weighted by atomic mass is 9.94. The second-order valence-corrected chi connectivity index (χ2v) is 9.33. The lowest BCUT2D eigenvalue weighted by Gasteiger charge is -2.34. The Kier molecular flexibility index (Phi) is 8.73. The van der Waals surface area contributed by atoms with Crippen LogP contribution in [0.2, 0.25) is 0 Å². The largest absolute Gasteiger partial charge is 0.351 e. The molecule has 1 aliphatic carbocycles. The molecule has 0 bridgehead atoms. The third-order valence-corrected chi connectivity index (χ3v) is 6.42. The van der Waals surface area contributed by atoms with Gasteiger partial charge in [-0.1, -0.05) is 56.7 Å². The van der Waals surface area contributed by atoms with Crippen molar-refractivity contribution in [3.8, 4) is 0 Å². The van der Waals surface area contributed by atoms with E-state index in [1.807, 2.05) is 31.2 Å². The summed E-state index contributed by atoms with van der Waals surface area (Å²) in [5, 5.41) is 4.92. The quantitative estimate of drug-likeness (QED) is 0.572. The van der Waals surface area contributed by atoms with Crippen LogP contribution in [0.3, 0.4) is 0 Å². The van der Waals surface area contributed by atoms with Gasteiger partial charge in [-0.15, -0.1) is 11.8 Å². The molecule has 1 fully saturated rings. The van der Waals surface area contributed by atoms with Crippen LogP contribution in [-0.2, 0) is 16.1 Å². The Morgan fingerprint density at radius 2 is 2.06 bits per heavy atom. The van der Waals surface area contributed by atoms with Gasteiger partial charge in [0.15, 0.2) is 0 Å². The van der Waals surface area contributed by atoms with E-state index < -0.39 is 6.04 Å². The van der Waals surface area contributed by atoms with Gasteiger partial charge in [0.05, 0.1) is 12.9 Å². The first-order chi connectivity index (χ1) is 15.5. The molecule has 3 rings (SSSR count). The maximum absolute atomic E-state index is 13.7. The van der Waals surface area contributed by atoms with Crippen molar-refractivity contribution in [1.82, 2.24) is 19.8 Å². The summed E-state index contributed by atoms with van der Waals surface area (Å²) in [5.41, 5.74) is 1.80. The van der Waals surface area contributed by atoms with Gasteiger partial charge in [-0.05, 0) is 36.3 Å². The zero-order valence-corrected chi connectivity index (χ0v) is 19.5. The highest BCUT2D eigenvalue weighted by Gasteiger charge is 2.34. The Hall–Kier alpha value is -2.80. The Bertz CT molecular complexity index is 935. The van der Waals surface area contributed by atoms with E-state index in [2.05, 4.69) is 23.5 Å². The molecule has 0 aliphatic heterocycles. The van der Waals surface area contributed by atoms with Crippen molar-refractivity contribution in [2.75, 3.05) is 6.54 Å². The summed E-state index contributed by atoms with van der Waals surface area (Å²) in [6, 6.07) is 7.17. The molecular formula is C25H32N4O2S. The zero-order chi connectivity index (χ0) is 22.9. The summed E-state index contributed by atoms with van der Waals surface area (Å²) < 4.78 is 1.71. The summed E-state index contributed by atoms with van der Waals surface area (Å²) in [7, 11) is 0. The monoisotopic (exact) mass is 452 g/mol. The number of thioether (sulfide) groups is 1. The number of carbonyl (C=O) groups excluding carboxylic acids is 2. The van der Waals surface area contributed by atoms with Gasteiger partial charge in [0.2, 0.25) is 11.8 Å². The highest BCUT2D eigenvalue weighted by Crippen LogP contribution is 2.29. The number of aromatic nitrogens is 2. The number of nitrogens with zero attached hydrogens (tertiary/aromatic N) is 3. The predicted octanol–water partition coefficient (Wildman–Crippen LogP) is 4.60. The summed E-state index contributed by atoms with van der Waals surface area (Å²) in [6.07, 6.45) is 10.4. The van der Waals surface area contributed by atoms with Crippen molar-refractivity contribution in [2.24, 2.45) is 0 Å². The van der Waals surface area contributed by atoms with Crippen molar-refractivity contribution in [2.45, 2.75) is 57.7 Å². The van der Waals surface area contributed by atoms with Gasteiger partial charge in [0.25, 0.3) is 0 Å². The van der Waals surface area contributed by atoms with E-state index in [0.717, 1.165) is 41.7 Å². The van der Waals surface area contributed by atoms with E-state index in [9.17, 15) is 9.59 Å². The SMILES string of the molecule is C=CSC(=C)CN(C(=O)Cn1ccnc1)C(C(=O)NC1CCCCC1)c1ccccc1C. The van der Waals surface area contributed by atoms with Crippen LogP contribution in [0.4, 0.5) is 0 Å². The average molecular weight is 453 g/mol. The topological polar surface area (TPSA) is 67.2 Å². The zero-order valence-electron chi connectivity index (χ0n) is 18.7. The Labute approximate surface area is 194 Å². The molecule has 1 saturated carbocycles. The van der Waals surface area contributed by atoms with Gasteiger partial charge in [0, 0.05) is 23.3 Å². The number of aryl methyl sites for hydroxylation is 1. The van der Waals surface area contributed by atoms with E-state index in [0.29, 0.717) is 0 Å². The van der Waals surface area contributed by atoms with Crippen LogP contribution in [0.25, 0.3) is 0 Å². The van der Waals surface area contributed by atoms with Crippen molar-refractivity contribution < 1.29 is 9.59 Å². The van der Waals surface area contributed by atoms with Crippen molar-refractivity contribution in [1.29, 1.82) is 0 Å². The highest BCUT2D eigenvalue weighted by molar-refractivity contribution is 8.05. The molecule has 0 saturated heterocycles. The fraction of sp³-hybridized carbons (Fsp3) is 0.400. The second-order valence-electron chi connectivity index (χ2n) is 8.18. The van der Waals surface area contributed by atoms with E-state index in [4.69, 9.17) is 0 Å². The number of carbonyl (C=O) groups is 2. The molecule has 1 unspecified atom stereocenters. The van der Waals surface area contributed by atoms with Crippen LogP contribution in [0.15, 0.2) is 66.5 Å². The first kappa shape index (κ1) is 23.9. The Balaban J connectivity index is 1.95. The number of hydrogen-bond acceptors (Lipinski definition) is 4. The van der Waals surface area contributed by atoms with E-state index >= 15 is 0 Å². The van der Waals surface area contributed by atoms with Crippen molar-refractivity contribution in [3.05, 3.63) is 77.6 Å².